The number of nitrogens with two attached hydrogens (primary N) is 1. The number of hydrogen-bond acceptors (Lipinski definition) is 2. The third-order valence-electron chi connectivity index (χ3n) is 2.25. The first-order valence-corrected chi connectivity index (χ1v) is 5.41. The summed E-state index contributed by atoms with van der Waals surface area (Å²) in [4.78, 5) is 0.699. The molecule has 0 aliphatic carbocycles. The Morgan fingerprint density at radius 2 is 1.81 bits per heavy atom. The predicted octanol–water partition coefficient (Wildman–Crippen LogP) is 3.21. The maximum atomic E-state index is 13.4. The molecule has 84 valence electrons. The molecule has 2 aromatic rings. The van der Waals surface area contributed by atoms with Crippen molar-refractivity contribution in [1.82, 2.24) is 0 Å². The van der Waals surface area contributed by atoms with E-state index in [0.717, 1.165) is 12.1 Å². The summed E-state index contributed by atoms with van der Waals surface area (Å²) in [7, 11) is 0. The molecule has 0 aliphatic rings. The zero-order valence-corrected chi connectivity index (χ0v) is 8.90. The molecule has 1 atom stereocenters. The van der Waals surface area contributed by atoms with Crippen LogP contribution in [0.3, 0.4) is 0 Å². The van der Waals surface area contributed by atoms with Crippen LogP contribution in [0.25, 0.3) is 0 Å². The molecule has 0 fully saturated rings. The van der Waals surface area contributed by atoms with Gasteiger partial charge in [-0.3, -0.25) is 0 Å². The number of halogens is 3. The van der Waals surface area contributed by atoms with Crippen molar-refractivity contribution >= 4 is 11.3 Å². The van der Waals surface area contributed by atoms with Gasteiger partial charge in [0.05, 0.1) is 6.04 Å². The minimum atomic E-state index is -1.48. The Morgan fingerprint density at radius 1 is 1.06 bits per heavy atom. The lowest BCUT2D eigenvalue weighted by Gasteiger charge is -2.11. The fourth-order valence-electron chi connectivity index (χ4n) is 1.40. The second-order valence-electron chi connectivity index (χ2n) is 3.26. The van der Waals surface area contributed by atoms with Crippen LogP contribution < -0.4 is 5.73 Å². The van der Waals surface area contributed by atoms with E-state index < -0.39 is 23.5 Å². The van der Waals surface area contributed by atoms with Crippen LogP contribution in [0.5, 0.6) is 0 Å². The molecular formula is C11H8F3NS. The van der Waals surface area contributed by atoms with Gasteiger partial charge < -0.3 is 5.73 Å². The summed E-state index contributed by atoms with van der Waals surface area (Å²) in [5, 5.41) is 1.78. The van der Waals surface area contributed by atoms with E-state index in [0.29, 0.717) is 4.88 Å². The van der Waals surface area contributed by atoms with E-state index in [-0.39, 0.29) is 5.56 Å². The Kier molecular flexibility index (Phi) is 2.98. The van der Waals surface area contributed by atoms with E-state index in [4.69, 9.17) is 5.73 Å². The molecule has 0 aliphatic heterocycles. The molecule has 2 rings (SSSR count). The maximum absolute atomic E-state index is 13.4. The molecule has 5 heteroatoms. The van der Waals surface area contributed by atoms with E-state index in [2.05, 4.69) is 0 Å². The van der Waals surface area contributed by atoms with Crippen LogP contribution in [0.15, 0.2) is 29.6 Å². The van der Waals surface area contributed by atoms with Gasteiger partial charge in [-0.25, -0.2) is 13.2 Å². The summed E-state index contributed by atoms with van der Waals surface area (Å²) >= 11 is 1.34. The zero-order chi connectivity index (χ0) is 11.7. The summed E-state index contributed by atoms with van der Waals surface area (Å²) < 4.78 is 39.1. The molecule has 1 heterocycles. The van der Waals surface area contributed by atoms with E-state index in [1.54, 1.807) is 17.5 Å². The average Bonchev–Trinajstić information content (AvgIpc) is 2.79. The zero-order valence-electron chi connectivity index (χ0n) is 8.08. The van der Waals surface area contributed by atoms with E-state index in [1.807, 2.05) is 0 Å². The topological polar surface area (TPSA) is 26.0 Å². The van der Waals surface area contributed by atoms with Gasteiger partial charge in [0.2, 0.25) is 0 Å². The molecule has 0 bridgehead atoms. The first kappa shape index (κ1) is 11.2. The summed E-state index contributed by atoms with van der Waals surface area (Å²) in [6.45, 7) is 0. The highest BCUT2D eigenvalue weighted by atomic mass is 32.1. The SMILES string of the molecule is N[C@@H](c1cccs1)c1ccc(F)c(F)c1F. The summed E-state index contributed by atoms with van der Waals surface area (Å²) in [6, 6.07) is 4.75. The first-order valence-electron chi connectivity index (χ1n) is 4.53. The van der Waals surface area contributed by atoms with Gasteiger partial charge >= 0.3 is 0 Å². The Balaban J connectivity index is 2.45. The van der Waals surface area contributed by atoms with Crippen molar-refractivity contribution in [2.75, 3.05) is 0 Å². The van der Waals surface area contributed by atoms with Crippen LogP contribution in [0.1, 0.15) is 16.5 Å². The summed E-state index contributed by atoms with van der Waals surface area (Å²) in [5.74, 6) is -3.91. The third kappa shape index (κ3) is 1.83. The standard InChI is InChI=1S/C11H8F3NS/c12-7-4-3-6(9(13)10(7)14)11(15)8-2-1-5-16-8/h1-5,11H,15H2/t11-/m1/s1. The largest absolute Gasteiger partial charge is 0.320 e. The monoisotopic (exact) mass is 243 g/mol. The normalized spacial score (nSPS) is 12.8. The van der Waals surface area contributed by atoms with E-state index in [1.165, 1.54) is 11.3 Å². The summed E-state index contributed by atoms with van der Waals surface area (Å²) in [5.41, 5.74) is 5.72. The fraction of sp³-hybridized carbons (Fsp3) is 0.0909. The van der Waals surface area contributed by atoms with Crippen molar-refractivity contribution in [3.8, 4) is 0 Å². The highest BCUT2D eigenvalue weighted by molar-refractivity contribution is 7.10. The highest BCUT2D eigenvalue weighted by Crippen LogP contribution is 2.27. The van der Waals surface area contributed by atoms with Gasteiger partial charge in [0, 0.05) is 10.4 Å². The van der Waals surface area contributed by atoms with Crippen LogP contribution >= 0.6 is 11.3 Å². The number of benzene rings is 1. The molecule has 2 N–H and O–H groups in total. The average molecular weight is 243 g/mol. The quantitative estimate of drug-likeness (QED) is 0.805. The molecule has 0 saturated carbocycles. The number of thiophene rings is 1. The minimum absolute atomic E-state index is 0.0404. The van der Waals surface area contributed by atoms with Gasteiger partial charge in [0.25, 0.3) is 0 Å². The van der Waals surface area contributed by atoms with Crippen molar-refractivity contribution in [3.05, 3.63) is 57.5 Å². The lowest BCUT2D eigenvalue weighted by Crippen LogP contribution is -2.13. The number of hydrogen-bond donors (Lipinski definition) is 1. The molecule has 0 saturated heterocycles. The van der Waals surface area contributed by atoms with Gasteiger partial charge in [-0.15, -0.1) is 11.3 Å². The van der Waals surface area contributed by atoms with Gasteiger partial charge in [-0.05, 0) is 17.5 Å². The second-order valence-corrected chi connectivity index (χ2v) is 4.24. The maximum Gasteiger partial charge on any atom is 0.194 e. The van der Waals surface area contributed by atoms with E-state index in [9.17, 15) is 13.2 Å². The van der Waals surface area contributed by atoms with Crippen molar-refractivity contribution in [2.24, 2.45) is 5.73 Å². The molecule has 0 radical (unpaired) electrons. The van der Waals surface area contributed by atoms with Crippen molar-refractivity contribution in [1.29, 1.82) is 0 Å². The smallest absolute Gasteiger partial charge is 0.194 e. The minimum Gasteiger partial charge on any atom is -0.320 e. The van der Waals surface area contributed by atoms with Gasteiger partial charge in [0.1, 0.15) is 0 Å². The molecule has 1 aromatic carbocycles. The molecular weight excluding hydrogens is 235 g/mol. The molecule has 1 nitrogen and oxygen atoms in total. The lowest BCUT2D eigenvalue weighted by atomic mass is 10.1. The van der Waals surface area contributed by atoms with Crippen LogP contribution in [-0.4, -0.2) is 0 Å². The van der Waals surface area contributed by atoms with Crippen LogP contribution in [0, 0.1) is 17.5 Å². The second kappa shape index (κ2) is 4.27. The first-order chi connectivity index (χ1) is 7.61. The van der Waals surface area contributed by atoms with E-state index >= 15 is 0 Å². The molecule has 16 heavy (non-hydrogen) atoms. The predicted molar refractivity (Wildman–Crippen MR) is 56.7 cm³/mol. The van der Waals surface area contributed by atoms with Crippen molar-refractivity contribution < 1.29 is 13.2 Å². The van der Waals surface area contributed by atoms with Crippen LogP contribution in [0.2, 0.25) is 0 Å². The van der Waals surface area contributed by atoms with Gasteiger partial charge in [-0.2, -0.15) is 0 Å². The summed E-state index contributed by atoms with van der Waals surface area (Å²) in [6.07, 6.45) is 0. The Morgan fingerprint density at radius 3 is 2.44 bits per heavy atom. The highest BCUT2D eigenvalue weighted by Gasteiger charge is 2.19. The lowest BCUT2D eigenvalue weighted by molar-refractivity contribution is 0.439. The van der Waals surface area contributed by atoms with Crippen molar-refractivity contribution in [2.45, 2.75) is 6.04 Å². The molecule has 0 unspecified atom stereocenters. The van der Waals surface area contributed by atoms with Crippen molar-refractivity contribution in [3.63, 3.8) is 0 Å². The Labute approximate surface area is 94.3 Å². The van der Waals surface area contributed by atoms with Gasteiger partial charge in [0.15, 0.2) is 17.5 Å². The van der Waals surface area contributed by atoms with Crippen LogP contribution in [0.4, 0.5) is 13.2 Å². The van der Waals surface area contributed by atoms with Gasteiger partial charge in [-0.1, -0.05) is 12.1 Å². The molecule has 0 amide bonds. The Hall–Kier alpha value is -1.33. The molecule has 0 spiro atoms. The number of rotatable bonds is 2. The Bertz CT molecular complexity index is 496. The van der Waals surface area contributed by atoms with Crippen LogP contribution in [-0.2, 0) is 0 Å². The molecule has 1 aromatic heterocycles. The third-order valence-corrected chi connectivity index (χ3v) is 3.21. The fourth-order valence-corrected chi connectivity index (χ4v) is 2.15.